The molecule has 7 heteroatoms. The summed E-state index contributed by atoms with van der Waals surface area (Å²) in [7, 11) is 0. The molecule has 0 fully saturated rings. The molecule has 4 aromatic rings. The van der Waals surface area contributed by atoms with Crippen LogP contribution in [0.5, 0.6) is 5.75 Å². The summed E-state index contributed by atoms with van der Waals surface area (Å²) in [6, 6.07) is 12.6. The number of carbonyl (C=O) groups is 1. The number of hydrogen-bond donors (Lipinski definition) is 1. The van der Waals surface area contributed by atoms with Crippen LogP contribution >= 0.6 is 11.3 Å². The van der Waals surface area contributed by atoms with Gasteiger partial charge < -0.3 is 10.1 Å². The zero-order chi connectivity index (χ0) is 23.7. The van der Waals surface area contributed by atoms with Crippen LogP contribution < -0.4 is 15.6 Å². The maximum Gasteiger partial charge on any atom is 0.263 e. The van der Waals surface area contributed by atoms with Crippen molar-refractivity contribution >= 4 is 33.1 Å². The number of fused-ring (bicyclic) bond motifs is 1. The summed E-state index contributed by atoms with van der Waals surface area (Å²) in [5.74, 6) is 0.447. The Labute approximate surface area is 196 Å². The topological polar surface area (TPSA) is 73.2 Å². The zero-order valence-electron chi connectivity index (χ0n) is 19.4. The van der Waals surface area contributed by atoms with E-state index in [2.05, 4.69) is 36.3 Å². The van der Waals surface area contributed by atoms with E-state index < -0.39 is 6.04 Å². The molecule has 0 spiro atoms. The van der Waals surface area contributed by atoms with Crippen LogP contribution in [0.2, 0.25) is 0 Å². The van der Waals surface area contributed by atoms with Gasteiger partial charge in [-0.1, -0.05) is 18.2 Å². The van der Waals surface area contributed by atoms with Crippen molar-refractivity contribution in [1.29, 1.82) is 0 Å². The normalized spacial score (nSPS) is 12.0. The van der Waals surface area contributed by atoms with E-state index in [0.29, 0.717) is 22.5 Å². The summed E-state index contributed by atoms with van der Waals surface area (Å²) in [5, 5.41) is 3.43. The van der Waals surface area contributed by atoms with Gasteiger partial charge in [0.2, 0.25) is 5.91 Å². The maximum absolute atomic E-state index is 13.5. The molecule has 1 N–H and O–H groups in total. The van der Waals surface area contributed by atoms with Crippen molar-refractivity contribution in [3.8, 4) is 16.9 Å². The molecule has 2 heterocycles. The summed E-state index contributed by atoms with van der Waals surface area (Å²) in [5.41, 5.74) is 4.67. The van der Waals surface area contributed by atoms with Crippen molar-refractivity contribution < 1.29 is 9.53 Å². The van der Waals surface area contributed by atoms with Crippen LogP contribution in [0, 0.1) is 20.8 Å². The lowest BCUT2D eigenvalue weighted by Crippen LogP contribution is -2.31. The second-order valence-electron chi connectivity index (χ2n) is 8.09. The number of nitrogens with zero attached hydrogens (tertiary/aromatic N) is 2. The molecule has 6 nitrogen and oxygen atoms in total. The molecule has 2 aromatic carbocycles. The zero-order valence-corrected chi connectivity index (χ0v) is 20.2. The summed E-state index contributed by atoms with van der Waals surface area (Å²) < 4.78 is 6.84. The number of hydrogen-bond acceptors (Lipinski definition) is 5. The van der Waals surface area contributed by atoms with Gasteiger partial charge >= 0.3 is 0 Å². The van der Waals surface area contributed by atoms with Gasteiger partial charge in [-0.2, -0.15) is 0 Å². The summed E-state index contributed by atoms with van der Waals surface area (Å²) in [6.07, 6.45) is 1.47. The first-order valence-corrected chi connectivity index (χ1v) is 11.7. The van der Waals surface area contributed by atoms with Gasteiger partial charge in [0.1, 0.15) is 16.6 Å². The van der Waals surface area contributed by atoms with Crippen LogP contribution in [-0.4, -0.2) is 22.1 Å². The lowest BCUT2D eigenvalue weighted by molar-refractivity contribution is -0.118. The van der Waals surface area contributed by atoms with Crippen LogP contribution in [-0.2, 0) is 4.79 Å². The van der Waals surface area contributed by atoms with Crippen molar-refractivity contribution in [1.82, 2.24) is 9.55 Å². The molecule has 1 atom stereocenters. The molecule has 0 saturated carbocycles. The lowest BCUT2D eigenvalue weighted by Gasteiger charge is -2.15. The minimum absolute atomic E-state index is 0.216. The highest BCUT2D eigenvalue weighted by molar-refractivity contribution is 7.19. The molecule has 1 unspecified atom stereocenters. The second-order valence-corrected chi connectivity index (χ2v) is 9.30. The van der Waals surface area contributed by atoms with Crippen molar-refractivity contribution in [2.75, 3.05) is 11.9 Å². The molecular weight excluding hydrogens is 434 g/mol. The molecule has 4 rings (SSSR count). The van der Waals surface area contributed by atoms with Gasteiger partial charge in [0.05, 0.1) is 18.3 Å². The van der Waals surface area contributed by atoms with Gasteiger partial charge in [-0.3, -0.25) is 14.2 Å². The first kappa shape index (κ1) is 22.7. The number of rotatable bonds is 6. The first-order chi connectivity index (χ1) is 15.8. The van der Waals surface area contributed by atoms with Crippen molar-refractivity contribution in [2.45, 2.75) is 40.7 Å². The number of nitrogens with one attached hydrogen (secondary N) is 1. The fraction of sp³-hybridized carbons (Fsp3) is 0.269. The van der Waals surface area contributed by atoms with Crippen LogP contribution in [0.3, 0.4) is 0 Å². The van der Waals surface area contributed by atoms with Crippen LogP contribution in [0.25, 0.3) is 21.3 Å². The Hall–Kier alpha value is -3.45. The third-order valence-corrected chi connectivity index (χ3v) is 6.85. The molecule has 1 amide bonds. The Balaban J connectivity index is 1.69. The minimum atomic E-state index is -0.728. The highest BCUT2D eigenvalue weighted by Gasteiger charge is 2.22. The number of aryl methyl sites for hydroxylation is 3. The summed E-state index contributed by atoms with van der Waals surface area (Å²) in [4.78, 5) is 32.7. The molecule has 0 radical (unpaired) electrons. The molecule has 170 valence electrons. The Morgan fingerprint density at radius 1 is 1.12 bits per heavy atom. The SMILES string of the molecule is CCOc1ccc(NC(=O)C(C)n2cnc3sc(C)c(-c4ccc(C)c(C)c4)c3c2=O)cc1. The van der Waals surface area contributed by atoms with Gasteiger partial charge in [-0.25, -0.2) is 4.98 Å². The highest BCUT2D eigenvalue weighted by Crippen LogP contribution is 2.36. The maximum atomic E-state index is 13.5. The predicted octanol–water partition coefficient (Wildman–Crippen LogP) is 5.65. The van der Waals surface area contributed by atoms with Gasteiger partial charge in [-0.15, -0.1) is 11.3 Å². The molecular formula is C26H27N3O3S. The third-order valence-electron chi connectivity index (χ3n) is 5.84. The average Bonchev–Trinajstić information content (AvgIpc) is 3.13. The number of aromatic nitrogens is 2. The van der Waals surface area contributed by atoms with Crippen LogP contribution in [0.15, 0.2) is 53.6 Å². The van der Waals surface area contributed by atoms with E-state index in [1.54, 1.807) is 31.2 Å². The van der Waals surface area contributed by atoms with E-state index in [4.69, 9.17) is 4.74 Å². The average molecular weight is 462 g/mol. The third kappa shape index (κ3) is 4.41. The predicted molar refractivity (Wildman–Crippen MR) is 134 cm³/mol. The monoisotopic (exact) mass is 461 g/mol. The number of amides is 1. The lowest BCUT2D eigenvalue weighted by atomic mass is 9.99. The van der Waals surface area contributed by atoms with Crippen LogP contribution in [0.1, 0.15) is 35.9 Å². The number of benzene rings is 2. The van der Waals surface area contributed by atoms with E-state index in [0.717, 1.165) is 21.8 Å². The van der Waals surface area contributed by atoms with Gasteiger partial charge in [0, 0.05) is 16.1 Å². The van der Waals surface area contributed by atoms with E-state index >= 15 is 0 Å². The number of thiophene rings is 1. The smallest absolute Gasteiger partial charge is 0.263 e. The first-order valence-electron chi connectivity index (χ1n) is 10.9. The highest BCUT2D eigenvalue weighted by atomic mass is 32.1. The van der Waals surface area contributed by atoms with E-state index in [1.807, 2.05) is 19.9 Å². The van der Waals surface area contributed by atoms with Crippen molar-refractivity contribution in [2.24, 2.45) is 0 Å². The molecule has 0 saturated heterocycles. The molecule has 2 aromatic heterocycles. The quantitative estimate of drug-likeness (QED) is 0.403. The Kier molecular flexibility index (Phi) is 6.33. The van der Waals surface area contributed by atoms with E-state index in [1.165, 1.54) is 33.4 Å². The standard InChI is InChI=1S/C26H27N3O3S/c1-6-32-21-11-9-20(10-12-21)28-24(30)17(4)29-14-27-25-23(26(29)31)22(18(5)33-25)19-8-7-15(2)16(3)13-19/h7-14,17H,6H2,1-5H3,(H,28,30). The largest absolute Gasteiger partial charge is 0.494 e. The van der Waals surface area contributed by atoms with Crippen LogP contribution in [0.4, 0.5) is 5.69 Å². The Bertz CT molecular complexity index is 1390. The second kappa shape index (κ2) is 9.19. The molecule has 0 aliphatic heterocycles. The van der Waals surface area contributed by atoms with Gasteiger partial charge in [0.25, 0.3) is 5.56 Å². The Morgan fingerprint density at radius 2 is 1.85 bits per heavy atom. The minimum Gasteiger partial charge on any atom is -0.494 e. The number of ether oxygens (including phenoxy) is 1. The summed E-state index contributed by atoms with van der Waals surface area (Å²) in [6.45, 7) is 10.3. The summed E-state index contributed by atoms with van der Waals surface area (Å²) >= 11 is 1.50. The molecule has 0 aliphatic rings. The van der Waals surface area contributed by atoms with E-state index in [9.17, 15) is 9.59 Å². The molecule has 0 aliphatic carbocycles. The fourth-order valence-corrected chi connectivity index (χ4v) is 4.81. The molecule has 33 heavy (non-hydrogen) atoms. The fourth-order valence-electron chi connectivity index (χ4n) is 3.81. The Morgan fingerprint density at radius 3 is 2.52 bits per heavy atom. The molecule has 0 bridgehead atoms. The van der Waals surface area contributed by atoms with E-state index in [-0.39, 0.29) is 11.5 Å². The van der Waals surface area contributed by atoms with Gasteiger partial charge in [-0.05, 0) is 75.6 Å². The number of anilines is 1. The van der Waals surface area contributed by atoms with Crippen molar-refractivity contribution in [3.05, 3.63) is 75.1 Å². The number of carbonyl (C=O) groups excluding carboxylic acids is 1. The van der Waals surface area contributed by atoms with Gasteiger partial charge in [0.15, 0.2) is 0 Å². The van der Waals surface area contributed by atoms with Crippen molar-refractivity contribution in [3.63, 3.8) is 0 Å².